The van der Waals surface area contributed by atoms with E-state index >= 15 is 0 Å². The molecule has 0 aromatic heterocycles. The van der Waals surface area contributed by atoms with E-state index in [2.05, 4.69) is 93.7 Å². The number of carboxylic acids is 1. The van der Waals surface area contributed by atoms with E-state index in [4.69, 9.17) is 23.7 Å². The molecule has 0 aromatic carbocycles. The average Bonchev–Trinajstić information content (AvgIpc) is 3.42. The Morgan fingerprint density at radius 1 is 0.429 bits per heavy atom. The number of aliphatic hydroxyl groups is 2. The number of esters is 3. The van der Waals surface area contributed by atoms with Crippen molar-refractivity contribution in [3.63, 3.8) is 0 Å². The largest absolute Gasteiger partial charge is 0.479 e. The zero-order chi connectivity index (χ0) is 56.1. The number of hydrogen-bond acceptors (Lipinski definition) is 11. The lowest BCUT2D eigenvalue weighted by molar-refractivity contribution is -0.301. The van der Waals surface area contributed by atoms with E-state index in [0.717, 1.165) is 141 Å². The normalized spacial score (nSPS) is 18.5. The molecule has 1 aliphatic heterocycles. The molecule has 1 aliphatic rings. The fraction of sp³-hybridized carbons (Fsp3) is 0.754. The summed E-state index contributed by atoms with van der Waals surface area (Å²) in [4.78, 5) is 51.2. The SMILES string of the molecule is CCC/C=C\C/C=C\CCCCCCCC(=O)OC(COC(=O)CCCCCCCC/C=C\C/C=C\C/C=C\CCCCC)COC1OC(C(=O)O)C(O)C(O)C1OC(=O)CCCCCCC/C=C\CCCCCCCC. The van der Waals surface area contributed by atoms with Gasteiger partial charge in [-0.1, -0.05) is 209 Å². The molecule has 1 heterocycles. The van der Waals surface area contributed by atoms with Gasteiger partial charge in [-0.15, -0.1) is 0 Å². The molecule has 442 valence electrons. The van der Waals surface area contributed by atoms with Crippen molar-refractivity contribution < 1.29 is 58.2 Å². The second-order valence-corrected chi connectivity index (χ2v) is 21.0. The van der Waals surface area contributed by atoms with Crippen LogP contribution in [0.25, 0.3) is 0 Å². The first-order chi connectivity index (χ1) is 37.6. The number of carbonyl (C=O) groups is 4. The molecule has 1 saturated heterocycles. The zero-order valence-corrected chi connectivity index (χ0v) is 48.7. The number of rotatable bonds is 52. The van der Waals surface area contributed by atoms with E-state index in [0.29, 0.717) is 19.3 Å². The molecule has 12 heteroatoms. The van der Waals surface area contributed by atoms with Crippen molar-refractivity contribution in [2.24, 2.45) is 0 Å². The fourth-order valence-electron chi connectivity index (χ4n) is 8.94. The Kier molecular flexibility index (Phi) is 48.8. The van der Waals surface area contributed by atoms with E-state index in [1.54, 1.807) is 0 Å². The summed E-state index contributed by atoms with van der Waals surface area (Å²) in [5.74, 6) is -3.16. The number of ether oxygens (including phenoxy) is 5. The monoisotopic (exact) mass is 1080 g/mol. The van der Waals surface area contributed by atoms with Crippen LogP contribution in [-0.4, -0.2) is 89.2 Å². The van der Waals surface area contributed by atoms with E-state index in [1.807, 2.05) is 0 Å². The molecule has 77 heavy (non-hydrogen) atoms. The molecule has 0 bridgehead atoms. The maximum Gasteiger partial charge on any atom is 0.335 e. The Balaban J connectivity index is 2.68. The number of carbonyl (C=O) groups excluding carboxylic acids is 3. The molecule has 1 rings (SSSR count). The van der Waals surface area contributed by atoms with Gasteiger partial charge in [0.1, 0.15) is 18.8 Å². The van der Waals surface area contributed by atoms with Crippen LogP contribution in [0.15, 0.2) is 72.9 Å². The van der Waals surface area contributed by atoms with Crippen molar-refractivity contribution in [2.75, 3.05) is 13.2 Å². The highest BCUT2D eigenvalue weighted by Crippen LogP contribution is 2.26. The Bertz CT molecular complexity index is 1620. The van der Waals surface area contributed by atoms with Gasteiger partial charge in [-0.2, -0.15) is 0 Å². The van der Waals surface area contributed by atoms with Crippen LogP contribution in [0.1, 0.15) is 265 Å². The molecule has 0 aromatic rings. The average molecular weight is 1080 g/mol. The molecule has 1 fully saturated rings. The lowest BCUT2D eigenvalue weighted by Gasteiger charge is -2.40. The van der Waals surface area contributed by atoms with Crippen molar-refractivity contribution in [1.82, 2.24) is 0 Å². The number of carboxylic acid groups (broad SMARTS) is 1. The van der Waals surface area contributed by atoms with Crippen LogP contribution >= 0.6 is 0 Å². The van der Waals surface area contributed by atoms with Crippen molar-refractivity contribution >= 4 is 23.9 Å². The van der Waals surface area contributed by atoms with Crippen LogP contribution in [0.5, 0.6) is 0 Å². The Hall–Kier alpha value is -3.84. The summed E-state index contributed by atoms with van der Waals surface area (Å²) in [6.45, 7) is 5.88. The van der Waals surface area contributed by atoms with Gasteiger partial charge in [-0.3, -0.25) is 14.4 Å². The standard InChI is InChI=1S/C65H110O12/c1-4-7-10-13-16-19-22-25-27-28-29-30-32-34-36-39-42-45-48-51-57(66)73-54-56(75-58(67)52-49-46-43-40-37-33-24-21-18-15-12-9-6-3)55-74-65-63(61(70)60(69)62(77-65)64(71)72)76-59(68)53-50-47-44-41-38-35-31-26-23-20-17-14-11-8-5-2/h12,15-16,19,21,24-27,29-31,56,60-63,65,69-70H,4-11,13-14,17-18,20,22-23,28,32-55H2,1-3H3,(H,71,72)/b15-12-,19-16-,24-21-,27-25-,30-29-,31-26-. The van der Waals surface area contributed by atoms with Gasteiger partial charge in [0, 0.05) is 19.3 Å². The highest BCUT2D eigenvalue weighted by Gasteiger charge is 2.50. The summed E-state index contributed by atoms with van der Waals surface area (Å²) in [5, 5.41) is 31.5. The van der Waals surface area contributed by atoms with Gasteiger partial charge in [0.15, 0.2) is 24.6 Å². The lowest BCUT2D eigenvalue weighted by atomic mass is 9.98. The second-order valence-electron chi connectivity index (χ2n) is 21.0. The van der Waals surface area contributed by atoms with Crippen molar-refractivity contribution in [2.45, 2.75) is 302 Å². The predicted octanol–water partition coefficient (Wildman–Crippen LogP) is 16.1. The number of unbranched alkanes of at least 4 members (excludes halogenated alkanes) is 26. The Morgan fingerprint density at radius 2 is 0.805 bits per heavy atom. The summed E-state index contributed by atoms with van der Waals surface area (Å²) in [6, 6.07) is 0. The number of aliphatic carboxylic acids is 1. The molecular formula is C65H110O12. The van der Waals surface area contributed by atoms with Gasteiger partial charge >= 0.3 is 23.9 Å². The molecule has 6 atom stereocenters. The number of aliphatic hydroxyl groups excluding tert-OH is 2. The zero-order valence-electron chi connectivity index (χ0n) is 48.7. The number of allylic oxidation sites excluding steroid dienone is 12. The second kappa shape index (κ2) is 52.8. The topological polar surface area (TPSA) is 175 Å². The van der Waals surface area contributed by atoms with Crippen molar-refractivity contribution in [1.29, 1.82) is 0 Å². The molecule has 3 N–H and O–H groups in total. The summed E-state index contributed by atoms with van der Waals surface area (Å²) >= 11 is 0. The van der Waals surface area contributed by atoms with Crippen LogP contribution in [0.4, 0.5) is 0 Å². The summed E-state index contributed by atoms with van der Waals surface area (Å²) in [7, 11) is 0. The van der Waals surface area contributed by atoms with Gasteiger partial charge in [0.25, 0.3) is 0 Å². The third-order valence-electron chi connectivity index (χ3n) is 13.7. The van der Waals surface area contributed by atoms with Gasteiger partial charge in [0.2, 0.25) is 0 Å². The predicted molar refractivity (Wildman–Crippen MR) is 312 cm³/mol. The van der Waals surface area contributed by atoms with Gasteiger partial charge in [-0.25, -0.2) is 4.79 Å². The molecule has 0 aliphatic carbocycles. The Morgan fingerprint density at radius 3 is 1.27 bits per heavy atom. The van der Waals surface area contributed by atoms with Crippen molar-refractivity contribution in [3.05, 3.63) is 72.9 Å². The minimum absolute atomic E-state index is 0.0463. The van der Waals surface area contributed by atoms with Crippen LogP contribution in [0.2, 0.25) is 0 Å². The fourth-order valence-corrected chi connectivity index (χ4v) is 8.94. The van der Waals surface area contributed by atoms with Gasteiger partial charge in [-0.05, 0) is 109 Å². The van der Waals surface area contributed by atoms with E-state index < -0.39 is 67.3 Å². The molecule has 0 amide bonds. The van der Waals surface area contributed by atoms with Crippen LogP contribution in [-0.2, 0) is 42.9 Å². The maximum atomic E-state index is 13.1. The lowest BCUT2D eigenvalue weighted by Crippen LogP contribution is -2.61. The molecule has 6 unspecified atom stereocenters. The summed E-state index contributed by atoms with van der Waals surface area (Å²) in [5.41, 5.74) is 0. The van der Waals surface area contributed by atoms with E-state index in [9.17, 15) is 34.5 Å². The van der Waals surface area contributed by atoms with Gasteiger partial charge < -0.3 is 39.0 Å². The minimum Gasteiger partial charge on any atom is -0.479 e. The Labute approximate surface area is 468 Å². The van der Waals surface area contributed by atoms with Crippen LogP contribution in [0, 0.1) is 0 Å². The third kappa shape index (κ3) is 42.7. The molecule has 0 saturated carbocycles. The first-order valence-electron chi connectivity index (χ1n) is 30.9. The summed E-state index contributed by atoms with van der Waals surface area (Å²) in [6.07, 6.45) is 54.3. The molecule has 0 radical (unpaired) electrons. The molecule has 0 spiro atoms. The van der Waals surface area contributed by atoms with E-state index in [1.165, 1.54) is 64.2 Å². The quantitative estimate of drug-likeness (QED) is 0.0228. The van der Waals surface area contributed by atoms with Crippen LogP contribution < -0.4 is 0 Å². The first kappa shape index (κ1) is 71.2. The maximum absolute atomic E-state index is 13.1. The molecule has 12 nitrogen and oxygen atoms in total. The highest BCUT2D eigenvalue weighted by molar-refractivity contribution is 5.74. The van der Waals surface area contributed by atoms with Crippen LogP contribution in [0.3, 0.4) is 0 Å². The van der Waals surface area contributed by atoms with E-state index in [-0.39, 0.29) is 25.9 Å². The smallest absolute Gasteiger partial charge is 0.335 e. The molecular weight excluding hydrogens is 973 g/mol. The minimum atomic E-state index is -1.91. The van der Waals surface area contributed by atoms with Gasteiger partial charge in [0.05, 0.1) is 6.61 Å². The van der Waals surface area contributed by atoms with Crippen molar-refractivity contribution in [3.8, 4) is 0 Å². The highest BCUT2D eigenvalue weighted by atomic mass is 16.7. The first-order valence-corrected chi connectivity index (χ1v) is 30.9. The number of hydrogen-bond donors (Lipinski definition) is 3. The third-order valence-corrected chi connectivity index (χ3v) is 13.7. The summed E-state index contributed by atoms with van der Waals surface area (Å²) < 4.78 is 28.4.